The minimum Gasteiger partial charge on any atom is -0.313 e. The lowest BCUT2D eigenvalue weighted by Crippen LogP contribution is -2.50. The van der Waals surface area contributed by atoms with Crippen LogP contribution in [0.1, 0.15) is 58.8 Å². The number of rotatable bonds is 5. The van der Waals surface area contributed by atoms with Crippen LogP contribution in [-0.4, -0.2) is 36.1 Å². The molecular weight excluding hydrogens is 196 g/mol. The first-order valence-corrected chi connectivity index (χ1v) is 7.36. The van der Waals surface area contributed by atoms with Gasteiger partial charge in [-0.1, -0.05) is 33.1 Å². The molecule has 2 rings (SSSR count). The van der Waals surface area contributed by atoms with Crippen LogP contribution in [0.15, 0.2) is 0 Å². The van der Waals surface area contributed by atoms with Gasteiger partial charge in [-0.05, 0) is 38.8 Å². The van der Waals surface area contributed by atoms with Crippen molar-refractivity contribution in [2.75, 3.05) is 13.1 Å². The highest BCUT2D eigenvalue weighted by molar-refractivity contribution is 4.93. The van der Waals surface area contributed by atoms with Crippen molar-refractivity contribution in [3.63, 3.8) is 0 Å². The van der Waals surface area contributed by atoms with Gasteiger partial charge in [-0.25, -0.2) is 0 Å². The summed E-state index contributed by atoms with van der Waals surface area (Å²) in [7, 11) is 0. The maximum atomic E-state index is 3.69. The lowest BCUT2D eigenvalue weighted by molar-refractivity contribution is 0.126. The average Bonchev–Trinajstić information content (AvgIpc) is 2.92. The van der Waals surface area contributed by atoms with Crippen molar-refractivity contribution < 1.29 is 0 Å². The summed E-state index contributed by atoms with van der Waals surface area (Å²) in [5.74, 6) is 0. The standard InChI is InChI=1S/C14H28N2/c1-3-15-13-10-7-11-14(13)16(4-2)12-8-5-6-9-12/h12-15H,3-11H2,1-2H3. The molecular formula is C14H28N2. The normalized spacial score (nSPS) is 31.7. The molecule has 2 saturated carbocycles. The smallest absolute Gasteiger partial charge is 0.0252 e. The van der Waals surface area contributed by atoms with Crippen molar-refractivity contribution in [3.05, 3.63) is 0 Å². The molecule has 0 radical (unpaired) electrons. The molecule has 2 fully saturated rings. The first-order chi connectivity index (χ1) is 7.86. The summed E-state index contributed by atoms with van der Waals surface area (Å²) in [5, 5.41) is 3.69. The highest BCUT2D eigenvalue weighted by Gasteiger charge is 2.35. The van der Waals surface area contributed by atoms with Crippen LogP contribution in [0, 0.1) is 0 Å². The maximum Gasteiger partial charge on any atom is 0.0252 e. The van der Waals surface area contributed by atoms with Gasteiger partial charge in [-0.15, -0.1) is 0 Å². The Morgan fingerprint density at radius 2 is 1.75 bits per heavy atom. The molecule has 0 aromatic carbocycles. The van der Waals surface area contributed by atoms with E-state index < -0.39 is 0 Å². The molecule has 2 unspecified atom stereocenters. The number of hydrogen-bond donors (Lipinski definition) is 1. The predicted octanol–water partition coefficient (Wildman–Crippen LogP) is 2.78. The number of hydrogen-bond acceptors (Lipinski definition) is 2. The molecule has 0 aliphatic heterocycles. The molecule has 0 heterocycles. The van der Waals surface area contributed by atoms with Crippen molar-refractivity contribution in [1.29, 1.82) is 0 Å². The molecule has 2 aliphatic carbocycles. The van der Waals surface area contributed by atoms with E-state index in [9.17, 15) is 0 Å². The fraction of sp³-hybridized carbons (Fsp3) is 1.00. The molecule has 2 aliphatic rings. The molecule has 0 spiro atoms. The molecule has 2 atom stereocenters. The Morgan fingerprint density at radius 1 is 1.00 bits per heavy atom. The third-order valence-corrected chi connectivity index (χ3v) is 4.53. The van der Waals surface area contributed by atoms with E-state index >= 15 is 0 Å². The molecule has 16 heavy (non-hydrogen) atoms. The minimum absolute atomic E-state index is 0.769. The summed E-state index contributed by atoms with van der Waals surface area (Å²) in [5.41, 5.74) is 0. The van der Waals surface area contributed by atoms with E-state index in [0.29, 0.717) is 0 Å². The lowest BCUT2D eigenvalue weighted by atomic mass is 10.1. The maximum absolute atomic E-state index is 3.69. The van der Waals surface area contributed by atoms with Crippen molar-refractivity contribution in [3.8, 4) is 0 Å². The van der Waals surface area contributed by atoms with Gasteiger partial charge in [0.05, 0.1) is 0 Å². The first kappa shape index (κ1) is 12.4. The van der Waals surface area contributed by atoms with E-state index in [1.807, 2.05) is 0 Å². The second kappa shape index (κ2) is 6.02. The SMILES string of the molecule is CCNC1CCCC1N(CC)C1CCCC1. The molecule has 1 N–H and O–H groups in total. The average molecular weight is 224 g/mol. The number of likely N-dealkylation sites (N-methyl/N-ethyl adjacent to an activating group) is 2. The Kier molecular flexibility index (Phi) is 4.66. The predicted molar refractivity (Wildman–Crippen MR) is 69.7 cm³/mol. The molecule has 0 bridgehead atoms. The Morgan fingerprint density at radius 3 is 2.38 bits per heavy atom. The number of nitrogens with zero attached hydrogens (tertiary/aromatic N) is 1. The molecule has 0 saturated heterocycles. The van der Waals surface area contributed by atoms with Gasteiger partial charge < -0.3 is 5.32 Å². The second-order valence-electron chi connectivity index (χ2n) is 5.43. The van der Waals surface area contributed by atoms with Crippen LogP contribution >= 0.6 is 0 Å². The second-order valence-corrected chi connectivity index (χ2v) is 5.43. The van der Waals surface area contributed by atoms with Crippen LogP contribution in [0.5, 0.6) is 0 Å². The van der Waals surface area contributed by atoms with Gasteiger partial charge in [0.25, 0.3) is 0 Å². The van der Waals surface area contributed by atoms with E-state index in [1.54, 1.807) is 0 Å². The van der Waals surface area contributed by atoms with E-state index in [1.165, 1.54) is 51.5 Å². The zero-order valence-corrected chi connectivity index (χ0v) is 11.0. The Balaban J connectivity index is 1.96. The summed E-state index contributed by atoms with van der Waals surface area (Å²) in [6.45, 7) is 6.96. The number of nitrogens with one attached hydrogen (secondary N) is 1. The largest absolute Gasteiger partial charge is 0.313 e. The summed E-state index contributed by atoms with van der Waals surface area (Å²) in [6, 6.07) is 2.49. The van der Waals surface area contributed by atoms with Gasteiger partial charge in [0.15, 0.2) is 0 Å². The minimum atomic E-state index is 0.769. The fourth-order valence-electron chi connectivity index (χ4n) is 3.84. The zero-order valence-electron chi connectivity index (χ0n) is 11.0. The molecule has 2 heteroatoms. The van der Waals surface area contributed by atoms with E-state index in [2.05, 4.69) is 24.1 Å². The third-order valence-electron chi connectivity index (χ3n) is 4.53. The Bertz CT molecular complexity index is 199. The highest BCUT2D eigenvalue weighted by atomic mass is 15.2. The highest BCUT2D eigenvalue weighted by Crippen LogP contribution is 2.31. The summed E-state index contributed by atoms with van der Waals surface area (Å²) in [4.78, 5) is 2.81. The van der Waals surface area contributed by atoms with Crippen molar-refractivity contribution >= 4 is 0 Å². The van der Waals surface area contributed by atoms with Crippen LogP contribution in [0.2, 0.25) is 0 Å². The quantitative estimate of drug-likeness (QED) is 0.772. The van der Waals surface area contributed by atoms with Gasteiger partial charge in [-0.3, -0.25) is 4.90 Å². The van der Waals surface area contributed by atoms with Gasteiger partial charge in [0.1, 0.15) is 0 Å². The topological polar surface area (TPSA) is 15.3 Å². The summed E-state index contributed by atoms with van der Waals surface area (Å²) in [6.07, 6.45) is 10.0. The van der Waals surface area contributed by atoms with Crippen molar-refractivity contribution in [1.82, 2.24) is 10.2 Å². The molecule has 2 nitrogen and oxygen atoms in total. The van der Waals surface area contributed by atoms with Crippen molar-refractivity contribution in [2.45, 2.75) is 76.9 Å². The summed E-state index contributed by atoms with van der Waals surface area (Å²) >= 11 is 0. The fourth-order valence-corrected chi connectivity index (χ4v) is 3.84. The Labute approximate surface area is 101 Å². The van der Waals surface area contributed by atoms with E-state index in [0.717, 1.165) is 24.7 Å². The van der Waals surface area contributed by atoms with E-state index in [-0.39, 0.29) is 0 Å². The van der Waals surface area contributed by atoms with Crippen LogP contribution in [-0.2, 0) is 0 Å². The molecule has 0 aromatic heterocycles. The van der Waals surface area contributed by atoms with Gasteiger partial charge in [-0.2, -0.15) is 0 Å². The van der Waals surface area contributed by atoms with Gasteiger partial charge in [0.2, 0.25) is 0 Å². The molecule has 94 valence electrons. The third kappa shape index (κ3) is 2.60. The first-order valence-electron chi connectivity index (χ1n) is 7.36. The zero-order chi connectivity index (χ0) is 11.4. The van der Waals surface area contributed by atoms with Crippen LogP contribution in [0.3, 0.4) is 0 Å². The van der Waals surface area contributed by atoms with Crippen LogP contribution in [0.25, 0.3) is 0 Å². The summed E-state index contributed by atoms with van der Waals surface area (Å²) < 4.78 is 0. The molecule has 0 amide bonds. The van der Waals surface area contributed by atoms with Crippen molar-refractivity contribution in [2.24, 2.45) is 0 Å². The van der Waals surface area contributed by atoms with Crippen LogP contribution < -0.4 is 5.32 Å². The van der Waals surface area contributed by atoms with Gasteiger partial charge >= 0.3 is 0 Å². The Hall–Kier alpha value is -0.0800. The lowest BCUT2D eigenvalue weighted by Gasteiger charge is -2.37. The van der Waals surface area contributed by atoms with Crippen LogP contribution in [0.4, 0.5) is 0 Å². The van der Waals surface area contributed by atoms with E-state index in [4.69, 9.17) is 0 Å². The monoisotopic (exact) mass is 224 g/mol. The molecule has 0 aromatic rings. The van der Waals surface area contributed by atoms with Gasteiger partial charge in [0, 0.05) is 18.1 Å².